The number of amides is 1. The number of esters is 1. The first kappa shape index (κ1) is 13.5. The van der Waals surface area contributed by atoms with E-state index in [9.17, 15) is 9.59 Å². The van der Waals surface area contributed by atoms with E-state index in [4.69, 9.17) is 14.6 Å². The maximum Gasteiger partial charge on any atom is 0.410 e. The van der Waals surface area contributed by atoms with E-state index in [1.54, 1.807) is 20.8 Å². The summed E-state index contributed by atoms with van der Waals surface area (Å²) in [6.07, 6.45) is 1.64. The summed E-state index contributed by atoms with van der Waals surface area (Å²) >= 11 is 0. The zero-order valence-corrected chi connectivity index (χ0v) is 10.2. The number of carboxylic acid groups (broad SMARTS) is 1. The Hall–Kier alpha value is -1.56. The fourth-order valence-electron chi connectivity index (χ4n) is 1.73. The van der Waals surface area contributed by atoms with E-state index in [1.165, 1.54) is 17.1 Å². The summed E-state index contributed by atoms with van der Waals surface area (Å²) in [7, 11) is 0. The molecule has 1 rings (SSSR count). The molecule has 6 nitrogen and oxygen atoms in total. The first-order valence-corrected chi connectivity index (χ1v) is 5.39. The van der Waals surface area contributed by atoms with Crippen molar-refractivity contribution in [2.24, 2.45) is 0 Å². The van der Waals surface area contributed by atoms with Gasteiger partial charge in [0, 0.05) is 6.08 Å². The monoisotopic (exact) mass is 243 g/mol. The minimum Gasteiger partial charge on any atom is -0.465 e. The number of hydrogen-bond donors (Lipinski definition) is 1. The highest BCUT2D eigenvalue weighted by Gasteiger charge is 2.42. The summed E-state index contributed by atoms with van der Waals surface area (Å²) in [5.41, 5.74) is -0.879. The number of ether oxygens (including phenoxy) is 2. The Balaban J connectivity index is 2.72. The van der Waals surface area contributed by atoms with E-state index in [1.807, 2.05) is 0 Å². The van der Waals surface area contributed by atoms with Crippen molar-refractivity contribution in [2.75, 3.05) is 13.2 Å². The molecule has 0 spiro atoms. The van der Waals surface area contributed by atoms with Crippen molar-refractivity contribution in [3.63, 3.8) is 0 Å². The molecule has 0 aromatic heterocycles. The lowest BCUT2D eigenvalue weighted by atomic mass is 10.2. The minimum atomic E-state index is -1.08. The Bertz CT molecular complexity index is 337. The van der Waals surface area contributed by atoms with E-state index < -0.39 is 23.8 Å². The molecule has 1 aliphatic heterocycles. The van der Waals surface area contributed by atoms with Crippen molar-refractivity contribution in [2.45, 2.75) is 32.5 Å². The molecule has 0 aromatic rings. The fraction of sp³-hybridized carbons (Fsp3) is 0.636. The van der Waals surface area contributed by atoms with Gasteiger partial charge in [0.2, 0.25) is 0 Å². The van der Waals surface area contributed by atoms with Crippen LogP contribution in [0.3, 0.4) is 0 Å². The molecule has 6 heteroatoms. The zero-order chi connectivity index (χ0) is 13.1. The van der Waals surface area contributed by atoms with Crippen molar-refractivity contribution in [3.8, 4) is 0 Å². The Morgan fingerprint density at radius 3 is 2.76 bits per heavy atom. The van der Waals surface area contributed by atoms with E-state index in [0.717, 1.165) is 0 Å². The van der Waals surface area contributed by atoms with E-state index in [2.05, 4.69) is 0 Å². The molecule has 1 atom stereocenters. The molecule has 1 saturated heterocycles. The molecule has 1 aliphatic rings. The van der Waals surface area contributed by atoms with E-state index in [0.29, 0.717) is 6.61 Å². The van der Waals surface area contributed by atoms with Crippen molar-refractivity contribution < 1.29 is 24.2 Å². The lowest BCUT2D eigenvalue weighted by Crippen LogP contribution is -2.46. The van der Waals surface area contributed by atoms with Crippen molar-refractivity contribution in [1.82, 2.24) is 4.90 Å². The predicted octanol–water partition coefficient (Wildman–Crippen LogP) is 1.22. The third-order valence-electron chi connectivity index (χ3n) is 2.47. The van der Waals surface area contributed by atoms with Crippen molar-refractivity contribution in [1.29, 1.82) is 0 Å². The predicted molar refractivity (Wildman–Crippen MR) is 59.5 cm³/mol. The molecule has 0 aliphatic carbocycles. The van der Waals surface area contributed by atoms with Crippen LogP contribution < -0.4 is 0 Å². The maximum absolute atomic E-state index is 11.1. The first-order valence-electron chi connectivity index (χ1n) is 5.39. The molecular weight excluding hydrogens is 226 g/mol. The van der Waals surface area contributed by atoms with Gasteiger partial charge >= 0.3 is 12.1 Å². The van der Waals surface area contributed by atoms with E-state index in [-0.39, 0.29) is 6.61 Å². The largest absolute Gasteiger partial charge is 0.465 e. The van der Waals surface area contributed by atoms with Crippen LogP contribution in [0.25, 0.3) is 0 Å². The normalized spacial score (nSPS) is 23.0. The summed E-state index contributed by atoms with van der Waals surface area (Å²) < 4.78 is 10.1. The molecule has 0 aromatic carbocycles. The van der Waals surface area contributed by atoms with Crippen LogP contribution in [0, 0.1) is 0 Å². The number of carbonyl (C=O) groups is 2. The van der Waals surface area contributed by atoms with Crippen LogP contribution in [0.5, 0.6) is 0 Å². The van der Waals surface area contributed by atoms with Gasteiger partial charge in [0.1, 0.15) is 5.72 Å². The smallest absolute Gasteiger partial charge is 0.410 e. The van der Waals surface area contributed by atoms with Crippen molar-refractivity contribution in [3.05, 3.63) is 12.2 Å². The summed E-state index contributed by atoms with van der Waals surface area (Å²) in [5.74, 6) is -0.484. The molecule has 96 valence electrons. The average molecular weight is 243 g/mol. The van der Waals surface area contributed by atoms with Crippen LogP contribution in [0.2, 0.25) is 0 Å². The van der Waals surface area contributed by atoms with Gasteiger partial charge in [-0.15, -0.1) is 0 Å². The Morgan fingerprint density at radius 1 is 1.59 bits per heavy atom. The van der Waals surface area contributed by atoms with Gasteiger partial charge in [0.15, 0.2) is 0 Å². The minimum absolute atomic E-state index is 0.231. The Morgan fingerprint density at radius 2 is 2.24 bits per heavy atom. The molecule has 0 radical (unpaired) electrons. The number of nitrogens with zero attached hydrogens (tertiary/aromatic N) is 1. The van der Waals surface area contributed by atoms with Crippen molar-refractivity contribution >= 4 is 12.1 Å². The van der Waals surface area contributed by atoms with E-state index >= 15 is 0 Å². The zero-order valence-electron chi connectivity index (χ0n) is 10.2. The molecule has 0 saturated carbocycles. The SMILES string of the molecule is CCOC(=O)/C=C/[C@H]1COC(C)(C)N1C(=O)O. The second-order valence-corrected chi connectivity index (χ2v) is 4.09. The highest BCUT2D eigenvalue weighted by Crippen LogP contribution is 2.27. The van der Waals surface area contributed by atoms with Gasteiger partial charge in [-0.1, -0.05) is 6.08 Å². The van der Waals surface area contributed by atoms with Gasteiger partial charge in [-0.05, 0) is 20.8 Å². The second kappa shape index (κ2) is 5.18. The maximum atomic E-state index is 11.1. The molecule has 0 unspecified atom stereocenters. The summed E-state index contributed by atoms with van der Waals surface area (Å²) in [4.78, 5) is 23.4. The summed E-state index contributed by atoms with van der Waals surface area (Å²) in [5, 5.41) is 9.08. The van der Waals surface area contributed by atoms with Gasteiger partial charge in [0.05, 0.1) is 19.3 Å². The third kappa shape index (κ3) is 3.20. The second-order valence-electron chi connectivity index (χ2n) is 4.09. The lowest BCUT2D eigenvalue weighted by molar-refractivity contribution is -0.137. The van der Waals surface area contributed by atoms with Gasteiger partial charge in [-0.3, -0.25) is 4.90 Å². The van der Waals surface area contributed by atoms with Crippen LogP contribution in [-0.4, -0.2) is 47.0 Å². The van der Waals surface area contributed by atoms with Gasteiger partial charge in [-0.2, -0.15) is 0 Å². The topological polar surface area (TPSA) is 76.1 Å². The lowest BCUT2D eigenvalue weighted by Gasteiger charge is -2.29. The first-order chi connectivity index (χ1) is 7.88. The molecule has 0 bridgehead atoms. The Kier molecular flexibility index (Phi) is 4.11. The summed E-state index contributed by atoms with van der Waals surface area (Å²) in [6.45, 7) is 5.56. The standard InChI is InChI=1S/C11H17NO5/c1-4-16-9(13)6-5-8-7-17-11(2,3)12(8)10(14)15/h5-6,8H,4,7H2,1-3H3,(H,14,15)/b6-5+/t8-/m0/s1. The van der Waals surface area contributed by atoms with Crippen LogP contribution in [0.1, 0.15) is 20.8 Å². The average Bonchev–Trinajstić information content (AvgIpc) is 2.51. The number of carbonyl (C=O) groups excluding carboxylic acids is 1. The molecule has 1 amide bonds. The number of rotatable bonds is 3. The molecule has 1 N–H and O–H groups in total. The van der Waals surface area contributed by atoms with Gasteiger partial charge < -0.3 is 14.6 Å². The van der Waals surface area contributed by atoms with Crippen LogP contribution >= 0.6 is 0 Å². The number of hydrogen-bond acceptors (Lipinski definition) is 4. The molecule has 1 fully saturated rings. The highest BCUT2D eigenvalue weighted by molar-refractivity contribution is 5.82. The highest BCUT2D eigenvalue weighted by atomic mass is 16.5. The molecule has 1 heterocycles. The third-order valence-corrected chi connectivity index (χ3v) is 2.47. The van der Waals surface area contributed by atoms with Crippen LogP contribution in [0.4, 0.5) is 4.79 Å². The molecule has 17 heavy (non-hydrogen) atoms. The van der Waals surface area contributed by atoms with Crippen LogP contribution in [0.15, 0.2) is 12.2 Å². The summed E-state index contributed by atoms with van der Waals surface area (Å²) in [6, 6.07) is -0.466. The van der Waals surface area contributed by atoms with Gasteiger partial charge in [-0.25, -0.2) is 9.59 Å². The Labute approximate surface area is 99.8 Å². The quantitative estimate of drug-likeness (QED) is 0.595. The van der Waals surface area contributed by atoms with Gasteiger partial charge in [0.25, 0.3) is 0 Å². The molecular formula is C11H17NO5. The fourth-order valence-corrected chi connectivity index (χ4v) is 1.73. The van der Waals surface area contributed by atoms with Crippen LogP contribution in [-0.2, 0) is 14.3 Å².